The predicted molar refractivity (Wildman–Crippen MR) is 111 cm³/mol. The van der Waals surface area contributed by atoms with Crippen LogP contribution >= 0.6 is 0 Å². The summed E-state index contributed by atoms with van der Waals surface area (Å²) in [7, 11) is -9.26. The Morgan fingerprint density at radius 1 is 0.839 bits per heavy atom. The second-order valence-corrected chi connectivity index (χ2v) is 10.6. The van der Waals surface area contributed by atoms with Gasteiger partial charge in [-0.15, -0.1) is 0 Å². The van der Waals surface area contributed by atoms with Gasteiger partial charge in [0.1, 0.15) is 4.90 Å². The minimum atomic E-state index is -4.65. The smallest absolute Gasteiger partial charge is 0.308 e. The molecule has 0 saturated heterocycles. The van der Waals surface area contributed by atoms with Crippen LogP contribution in [0.5, 0.6) is 0 Å². The topological polar surface area (TPSA) is 137 Å². The summed E-state index contributed by atoms with van der Waals surface area (Å²) in [6, 6.07) is 11.2. The summed E-state index contributed by atoms with van der Waals surface area (Å²) in [6.07, 6.45) is 0. The number of nitrogens with zero attached hydrogens (tertiary/aromatic N) is 1. The highest BCUT2D eigenvalue weighted by molar-refractivity contribution is 7.94. The molecule has 3 aromatic rings. The number of nitro benzene ring substituents is 1. The van der Waals surface area contributed by atoms with E-state index in [1.54, 1.807) is 13.8 Å². The van der Waals surface area contributed by atoms with Gasteiger partial charge in [0, 0.05) is 6.07 Å². The number of nitro groups is 1. The first-order chi connectivity index (χ1) is 14.4. The summed E-state index contributed by atoms with van der Waals surface area (Å²) in [5.41, 5.74) is 4.73. The summed E-state index contributed by atoms with van der Waals surface area (Å²) < 4.78 is 67.7. The Morgan fingerprint density at radius 2 is 1.26 bits per heavy atom. The fourth-order valence-corrected chi connectivity index (χ4v) is 6.37. The Bertz CT molecular complexity index is 1400. The van der Waals surface area contributed by atoms with Crippen molar-refractivity contribution in [3.05, 3.63) is 81.7 Å². The molecule has 2 N–H and O–H groups in total. The van der Waals surface area contributed by atoms with E-state index in [1.165, 1.54) is 48.5 Å². The normalized spacial score (nSPS) is 12.0. The standard InChI is InChI=1S/C20H17FN2O6S2/c1-12-3-7-14(8-4-12)30(26,27)17-11-16(23(24)25)18(21)19(22)20(17)31(28,29)15-9-5-13(2)6-10-15/h3-11H,22H2,1-2H3. The third-order valence-corrected chi connectivity index (χ3v) is 8.41. The average molecular weight is 464 g/mol. The lowest BCUT2D eigenvalue weighted by Crippen LogP contribution is -2.16. The zero-order chi connectivity index (χ0) is 23.1. The highest BCUT2D eigenvalue weighted by Crippen LogP contribution is 2.40. The number of rotatable bonds is 5. The van der Waals surface area contributed by atoms with Gasteiger partial charge in [-0.05, 0) is 38.1 Å². The van der Waals surface area contributed by atoms with Gasteiger partial charge in [-0.3, -0.25) is 10.1 Å². The van der Waals surface area contributed by atoms with E-state index in [4.69, 9.17) is 5.73 Å². The molecule has 0 radical (unpaired) electrons. The van der Waals surface area contributed by atoms with E-state index in [9.17, 15) is 31.3 Å². The molecule has 3 aromatic carbocycles. The van der Waals surface area contributed by atoms with Crippen molar-refractivity contribution in [1.29, 1.82) is 0 Å². The number of nitrogen functional groups attached to an aromatic ring is 1. The second-order valence-electron chi connectivity index (χ2n) is 6.84. The van der Waals surface area contributed by atoms with Crippen molar-refractivity contribution in [3.63, 3.8) is 0 Å². The van der Waals surface area contributed by atoms with Crippen molar-refractivity contribution in [2.24, 2.45) is 0 Å². The maximum absolute atomic E-state index is 14.6. The number of hydrogen-bond donors (Lipinski definition) is 1. The summed E-state index contributed by atoms with van der Waals surface area (Å²) in [4.78, 5) is 7.44. The van der Waals surface area contributed by atoms with E-state index in [1.807, 2.05) is 0 Å². The van der Waals surface area contributed by atoms with Gasteiger partial charge in [0.2, 0.25) is 25.5 Å². The summed E-state index contributed by atoms with van der Waals surface area (Å²) in [6.45, 7) is 3.42. The molecule has 3 rings (SSSR count). The van der Waals surface area contributed by atoms with Crippen LogP contribution in [0.15, 0.2) is 74.2 Å². The molecule has 0 saturated carbocycles. The zero-order valence-corrected chi connectivity index (χ0v) is 18.0. The minimum absolute atomic E-state index is 0.321. The van der Waals surface area contributed by atoms with Gasteiger partial charge >= 0.3 is 5.69 Å². The van der Waals surface area contributed by atoms with E-state index in [-0.39, 0.29) is 9.79 Å². The van der Waals surface area contributed by atoms with Gasteiger partial charge in [0.25, 0.3) is 0 Å². The van der Waals surface area contributed by atoms with Crippen LogP contribution in [0.2, 0.25) is 0 Å². The van der Waals surface area contributed by atoms with E-state index in [0.29, 0.717) is 6.07 Å². The first-order valence-corrected chi connectivity index (χ1v) is 11.7. The molecule has 0 fully saturated rings. The van der Waals surface area contributed by atoms with Crippen molar-refractivity contribution in [3.8, 4) is 0 Å². The largest absolute Gasteiger partial charge is 0.395 e. The number of halogens is 1. The third-order valence-electron chi connectivity index (χ3n) is 4.62. The molecule has 0 aliphatic carbocycles. The van der Waals surface area contributed by atoms with E-state index >= 15 is 0 Å². The molecule has 162 valence electrons. The molecular weight excluding hydrogens is 447 g/mol. The summed E-state index contributed by atoms with van der Waals surface area (Å²) in [5.74, 6) is -1.63. The molecule has 0 heterocycles. The van der Waals surface area contributed by atoms with E-state index < -0.39 is 51.6 Å². The lowest BCUT2D eigenvalue weighted by atomic mass is 10.2. The Morgan fingerprint density at radius 3 is 1.68 bits per heavy atom. The minimum Gasteiger partial charge on any atom is -0.395 e. The number of nitrogens with two attached hydrogens (primary N) is 1. The number of benzene rings is 3. The first-order valence-electron chi connectivity index (χ1n) is 8.77. The fourth-order valence-electron chi connectivity index (χ4n) is 2.91. The quantitative estimate of drug-likeness (QED) is 0.263. The maximum atomic E-state index is 14.6. The SMILES string of the molecule is Cc1ccc(S(=O)(=O)c2cc([N+](=O)[O-])c(F)c(N)c2S(=O)(=O)c2ccc(C)cc2)cc1. The monoisotopic (exact) mass is 464 g/mol. The summed E-state index contributed by atoms with van der Waals surface area (Å²) in [5, 5.41) is 11.3. The molecule has 0 aliphatic rings. The Labute approximate surface area is 178 Å². The van der Waals surface area contributed by atoms with Crippen LogP contribution in [-0.4, -0.2) is 21.8 Å². The Balaban J connectivity index is 2.44. The fraction of sp³-hybridized carbons (Fsp3) is 0.100. The van der Waals surface area contributed by atoms with Crippen molar-refractivity contribution in [2.75, 3.05) is 5.73 Å². The predicted octanol–water partition coefficient (Wildman–Crippen LogP) is 3.60. The molecule has 11 heteroatoms. The number of hydrogen-bond acceptors (Lipinski definition) is 7. The molecule has 0 unspecified atom stereocenters. The highest BCUT2D eigenvalue weighted by Gasteiger charge is 2.37. The van der Waals surface area contributed by atoms with E-state index in [0.717, 1.165) is 11.1 Å². The lowest BCUT2D eigenvalue weighted by Gasteiger charge is -2.15. The van der Waals surface area contributed by atoms with Crippen molar-refractivity contribution < 1.29 is 26.1 Å². The van der Waals surface area contributed by atoms with Gasteiger partial charge in [-0.1, -0.05) is 35.4 Å². The number of aryl methyl sites for hydroxylation is 2. The van der Waals surface area contributed by atoms with Crippen molar-refractivity contribution in [2.45, 2.75) is 33.4 Å². The molecule has 0 spiro atoms. The zero-order valence-electron chi connectivity index (χ0n) is 16.4. The molecule has 31 heavy (non-hydrogen) atoms. The van der Waals surface area contributed by atoms with Crippen LogP contribution in [0.1, 0.15) is 11.1 Å². The number of sulfone groups is 2. The van der Waals surface area contributed by atoms with Crippen LogP contribution in [0, 0.1) is 29.8 Å². The lowest BCUT2D eigenvalue weighted by molar-refractivity contribution is -0.387. The van der Waals surface area contributed by atoms with Gasteiger partial charge in [-0.2, -0.15) is 4.39 Å². The van der Waals surface area contributed by atoms with E-state index in [2.05, 4.69) is 0 Å². The van der Waals surface area contributed by atoms with Crippen molar-refractivity contribution >= 4 is 31.0 Å². The summed E-state index contributed by atoms with van der Waals surface area (Å²) >= 11 is 0. The van der Waals surface area contributed by atoms with Gasteiger partial charge in [0.05, 0.1) is 25.3 Å². The molecule has 0 bridgehead atoms. The van der Waals surface area contributed by atoms with Gasteiger partial charge in [0.15, 0.2) is 0 Å². The highest BCUT2D eigenvalue weighted by atomic mass is 32.2. The third kappa shape index (κ3) is 3.89. The van der Waals surface area contributed by atoms with Crippen molar-refractivity contribution in [1.82, 2.24) is 0 Å². The maximum Gasteiger partial charge on any atom is 0.308 e. The molecule has 0 aliphatic heterocycles. The van der Waals surface area contributed by atoms with Crippen LogP contribution in [0.25, 0.3) is 0 Å². The van der Waals surface area contributed by atoms with Crippen LogP contribution in [-0.2, 0) is 19.7 Å². The first kappa shape index (κ1) is 22.4. The molecule has 8 nitrogen and oxygen atoms in total. The molecule has 0 aromatic heterocycles. The average Bonchev–Trinajstić information content (AvgIpc) is 2.69. The van der Waals surface area contributed by atoms with Gasteiger partial charge < -0.3 is 5.73 Å². The van der Waals surface area contributed by atoms with Gasteiger partial charge in [-0.25, -0.2) is 16.8 Å². The molecule has 0 amide bonds. The molecular formula is C20H17FN2O6S2. The Hall–Kier alpha value is -3.31. The van der Waals surface area contributed by atoms with Crippen LogP contribution in [0.4, 0.5) is 15.8 Å². The Kier molecular flexibility index (Phi) is 5.59. The molecule has 0 atom stereocenters. The van der Waals surface area contributed by atoms with Crippen LogP contribution in [0.3, 0.4) is 0 Å². The van der Waals surface area contributed by atoms with Crippen LogP contribution < -0.4 is 5.73 Å². The second kappa shape index (κ2) is 7.75. The number of anilines is 1.